The zero-order valence-electron chi connectivity index (χ0n) is 10.6. The highest BCUT2D eigenvalue weighted by atomic mass is 32.1. The van der Waals surface area contributed by atoms with Crippen LogP contribution in [0, 0.1) is 0 Å². The summed E-state index contributed by atoms with van der Waals surface area (Å²) in [5.41, 5.74) is 6.50. The van der Waals surface area contributed by atoms with Gasteiger partial charge in [-0.25, -0.2) is 0 Å². The van der Waals surface area contributed by atoms with Crippen LogP contribution in [0.1, 0.15) is 12.0 Å². The summed E-state index contributed by atoms with van der Waals surface area (Å²) in [6.07, 6.45) is 0.637. The number of nitrogens with two attached hydrogens (primary N) is 1. The van der Waals surface area contributed by atoms with Gasteiger partial charge in [0.25, 0.3) is 0 Å². The summed E-state index contributed by atoms with van der Waals surface area (Å²) in [4.78, 5) is 14.0. The maximum absolute atomic E-state index is 11.7. The molecule has 1 aromatic rings. The van der Waals surface area contributed by atoms with Gasteiger partial charge in [-0.05, 0) is 12.6 Å². The van der Waals surface area contributed by atoms with Crippen molar-refractivity contribution in [3.05, 3.63) is 35.9 Å². The zero-order chi connectivity index (χ0) is 13.4. The minimum absolute atomic E-state index is 0.00397. The molecular formula is C13H19N3OS. The van der Waals surface area contributed by atoms with Gasteiger partial charge in [0.05, 0.1) is 11.5 Å². The van der Waals surface area contributed by atoms with Crippen LogP contribution in [0.5, 0.6) is 0 Å². The van der Waals surface area contributed by atoms with Gasteiger partial charge in [-0.15, -0.1) is 0 Å². The van der Waals surface area contributed by atoms with Gasteiger partial charge in [0, 0.05) is 19.5 Å². The molecule has 98 valence electrons. The van der Waals surface area contributed by atoms with E-state index in [9.17, 15) is 4.79 Å². The van der Waals surface area contributed by atoms with E-state index in [1.807, 2.05) is 42.3 Å². The van der Waals surface area contributed by atoms with Crippen molar-refractivity contribution in [2.24, 2.45) is 5.73 Å². The Labute approximate surface area is 113 Å². The van der Waals surface area contributed by atoms with Gasteiger partial charge < -0.3 is 11.1 Å². The first-order valence-corrected chi connectivity index (χ1v) is 6.26. The molecule has 0 aromatic heterocycles. The van der Waals surface area contributed by atoms with Crippen molar-refractivity contribution in [1.82, 2.24) is 10.2 Å². The number of carbonyl (C=O) groups is 1. The molecule has 0 spiro atoms. The Kier molecular flexibility index (Phi) is 6.32. The number of hydrogen-bond acceptors (Lipinski definition) is 3. The second-order valence-corrected chi connectivity index (χ2v) is 4.74. The lowest BCUT2D eigenvalue weighted by Crippen LogP contribution is -2.36. The van der Waals surface area contributed by atoms with Gasteiger partial charge in [0.2, 0.25) is 5.91 Å². The van der Waals surface area contributed by atoms with Gasteiger partial charge in [-0.2, -0.15) is 0 Å². The van der Waals surface area contributed by atoms with E-state index in [1.165, 1.54) is 0 Å². The molecule has 0 unspecified atom stereocenters. The SMILES string of the molecule is CN(CCC(N)=S)CC(=O)NCc1ccccc1. The lowest BCUT2D eigenvalue weighted by Gasteiger charge is -2.15. The molecule has 1 aromatic carbocycles. The third kappa shape index (κ3) is 6.32. The first kappa shape index (κ1) is 14.6. The van der Waals surface area contributed by atoms with Crippen LogP contribution in [0.15, 0.2) is 30.3 Å². The van der Waals surface area contributed by atoms with Crippen LogP contribution < -0.4 is 11.1 Å². The molecule has 3 N–H and O–H groups in total. The standard InChI is InChI=1S/C13H19N3OS/c1-16(8-7-12(14)18)10-13(17)15-9-11-5-3-2-4-6-11/h2-6H,7-10H2,1H3,(H2,14,18)(H,15,17). The number of nitrogens with one attached hydrogen (secondary N) is 1. The molecule has 0 radical (unpaired) electrons. The predicted molar refractivity (Wildman–Crippen MR) is 77.2 cm³/mol. The van der Waals surface area contributed by atoms with Gasteiger partial charge in [0.1, 0.15) is 0 Å². The molecule has 0 bridgehead atoms. The molecule has 0 aliphatic heterocycles. The van der Waals surface area contributed by atoms with Gasteiger partial charge in [-0.1, -0.05) is 42.5 Å². The van der Waals surface area contributed by atoms with E-state index < -0.39 is 0 Å². The maximum atomic E-state index is 11.7. The Balaban J connectivity index is 2.23. The first-order valence-electron chi connectivity index (χ1n) is 5.85. The first-order chi connectivity index (χ1) is 8.58. The molecule has 18 heavy (non-hydrogen) atoms. The van der Waals surface area contributed by atoms with Crippen molar-refractivity contribution in [3.63, 3.8) is 0 Å². The second-order valence-electron chi connectivity index (χ2n) is 4.22. The van der Waals surface area contributed by atoms with E-state index >= 15 is 0 Å². The number of thiocarbonyl (C=S) groups is 1. The van der Waals surface area contributed by atoms with Crippen LogP contribution in [0.25, 0.3) is 0 Å². The molecule has 0 saturated carbocycles. The van der Waals surface area contributed by atoms with E-state index in [4.69, 9.17) is 18.0 Å². The molecule has 4 nitrogen and oxygen atoms in total. The third-order valence-corrected chi connectivity index (χ3v) is 2.69. The summed E-state index contributed by atoms with van der Waals surface area (Å²) in [6, 6.07) is 9.83. The Morgan fingerprint density at radius 2 is 2.06 bits per heavy atom. The number of benzene rings is 1. The number of amides is 1. The average molecular weight is 265 g/mol. The summed E-state index contributed by atoms with van der Waals surface area (Å²) in [5, 5.41) is 2.87. The molecule has 0 atom stereocenters. The molecule has 0 fully saturated rings. The van der Waals surface area contributed by atoms with Crippen molar-refractivity contribution in [1.29, 1.82) is 0 Å². The van der Waals surface area contributed by atoms with E-state index in [1.54, 1.807) is 0 Å². The van der Waals surface area contributed by atoms with Crippen molar-refractivity contribution in [2.75, 3.05) is 20.1 Å². The average Bonchev–Trinajstić information content (AvgIpc) is 2.35. The molecule has 1 rings (SSSR count). The molecule has 0 heterocycles. The fourth-order valence-corrected chi connectivity index (χ4v) is 1.57. The van der Waals surface area contributed by atoms with E-state index in [0.29, 0.717) is 31.0 Å². The fraction of sp³-hybridized carbons (Fsp3) is 0.385. The summed E-state index contributed by atoms with van der Waals surface area (Å²) in [7, 11) is 1.88. The van der Waals surface area contributed by atoms with Crippen LogP contribution in [0.2, 0.25) is 0 Å². The fourth-order valence-electron chi connectivity index (χ4n) is 1.48. The number of likely N-dealkylation sites (N-methyl/N-ethyl adjacent to an activating group) is 1. The molecule has 0 saturated heterocycles. The van der Waals surface area contributed by atoms with Crippen molar-refractivity contribution in [3.8, 4) is 0 Å². The third-order valence-electron chi connectivity index (χ3n) is 2.49. The van der Waals surface area contributed by atoms with Crippen LogP contribution in [-0.4, -0.2) is 35.9 Å². The van der Waals surface area contributed by atoms with E-state index in [-0.39, 0.29) is 5.91 Å². The summed E-state index contributed by atoms with van der Waals surface area (Å²) >= 11 is 4.79. The Morgan fingerprint density at radius 1 is 1.39 bits per heavy atom. The summed E-state index contributed by atoms with van der Waals surface area (Å²) in [5.74, 6) is 0.00397. The smallest absolute Gasteiger partial charge is 0.234 e. The topological polar surface area (TPSA) is 58.4 Å². The highest BCUT2D eigenvalue weighted by Gasteiger charge is 2.06. The second kappa shape index (κ2) is 7.79. The molecule has 0 aliphatic carbocycles. The summed E-state index contributed by atoms with van der Waals surface area (Å²) < 4.78 is 0. The highest BCUT2D eigenvalue weighted by molar-refractivity contribution is 7.80. The molecule has 0 aliphatic rings. The van der Waals surface area contributed by atoms with Crippen molar-refractivity contribution >= 4 is 23.1 Å². The molecule has 1 amide bonds. The largest absolute Gasteiger partial charge is 0.393 e. The lowest BCUT2D eigenvalue weighted by molar-refractivity contribution is -0.122. The number of carbonyl (C=O) groups excluding carboxylic acids is 1. The minimum Gasteiger partial charge on any atom is -0.393 e. The van der Waals surface area contributed by atoms with Crippen LogP contribution in [0.3, 0.4) is 0 Å². The van der Waals surface area contributed by atoms with Crippen LogP contribution >= 0.6 is 12.2 Å². The zero-order valence-corrected chi connectivity index (χ0v) is 11.4. The van der Waals surface area contributed by atoms with Crippen molar-refractivity contribution in [2.45, 2.75) is 13.0 Å². The molecular weight excluding hydrogens is 246 g/mol. The minimum atomic E-state index is 0.00397. The number of hydrogen-bond donors (Lipinski definition) is 2. The van der Waals surface area contributed by atoms with Crippen LogP contribution in [0.4, 0.5) is 0 Å². The monoisotopic (exact) mass is 265 g/mol. The van der Waals surface area contributed by atoms with Gasteiger partial charge in [-0.3, -0.25) is 9.69 Å². The summed E-state index contributed by atoms with van der Waals surface area (Å²) in [6.45, 7) is 1.62. The van der Waals surface area contributed by atoms with Gasteiger partial charge >= 0.3 is 0 Å². The number of rotatable bonds is 7. The lowest BCUT2D eigenvalue weighted by atomic mass is 10.2. The Hall–Kier alpha value is -1.46. The van der Waals surface area contributed by atoms with E-state index in [2.05, 4.69) is 5.32 Å². The Morgan fingerprint density at radius 3 is 2.67 bits per heavy atom. The normalized spacial score (nSPS) is 10.3. The van der Waals surface area contributed by atoms with E-state index in [0.717, 1.165) is 5.56 Å². The molecule has 5 heteroatoms. The van der Waals surface area contributed by atoms with Gasteiger partial charge in [0.15, 0.2) is 0 Å². The number of nitrogens with zero attached hydrogens (tertiary/aromatic N) is 1. The highest BCUT2D eigenvalue weighted by Crippen LogP contribution is 1.97. The van der Waals surface area contributed by atoms with Crippen LogP contribution in [-0.2, 0) is 11.3 Å². The quantitative estimate of drug-likeness (QED) is 0.720. The van der Waals surface area contributed by atoms with Crippen molar-refractivity contribution < 1.29 is 4.79 Å². The predicted octanol–water partition coefficient (Wildman–Crippen LogP) is 0.911. The maximum Gasteiger partial charge on any atom is 0.234 e. The Bertz CT molecular complexity index is 394.